The van der Waals surface area contributed by atoms with Crippen molar-refractivity contribution in [3.63, 3.8) is 0 Å². The van der Waals surface area contributed by atoms with Gasteiger partial charge in [0.25, 0.3) is 0 Å². The summed E-state index contributed by atoms with van der Waals surface area (Å²) in [6.07, 6.45) is 4.94. The van der Waals surface area contributed by atoms with Crippen LogP contribution in [-0.2, 0) is 0 Å². The molecule has 1 rings (SSSR count). The van der Waals surface area contributed by atoms with Gasteiger partial charge in [-0.1, -0.05) is 26.2 Å². The summed E-state index contributed by atoms with van der Waals surface area (Å²) in [6.45, 7) is 5.04. The van der Waals surface area contributed by atoms with Gasteiger partial charge in [0, 0.05) is 12.2 Å². The van der Waals surface area contributed by atoms with Crippen molar-refractivity contribution in [3.8, 4) is 6.07 Å². The van der Waals surface area contributed by atoms with E-state index in [1.165, 1.54) is 19.3 Å². The zero-order chi connectivity index (χ0) is 11.8. The smallest absolute Gasteiger partial charge is 0.127 e. The molecule has 0 spiro atoms. The minimum absolute atomic E-state index is 0.670. The Morgan fingerprint density at radius 2 is 2.12 bits per heavy atom. The lowest BCUT2D eigenvalue weighted by Crippen LogP contribution is -2.04. The summed E-state index contributed by atoms with van der Waals surface area (Å²) in [6, 6.07) is 5.73. The third-order valence-electron chi connectivity index (χ3n) is 2.42. The molecule has 3 nitrogen and oxygen atoms in total. The second-order valence-corrected chi connectivity index (χ2v) is 3.98. The maximum absolute atomic E-state index is 8.82. The first-order valence-corrected chi connectivity index (χ1v) is 5.89. The van der Waals surface area contributed by atoms with Gasteiger partial charge < -0.3 is 5.32 Å². The summed E-state index contributed by atoms with van der Waals surface area (Å²) >= 11 is 0. The first-order valence-electron chi connectivity index (χ1n) is 5.89. The molecule has 0 saturated heterocycles. The maximum Gasteiger partial charge on any atom is 0.127 e. The van der Waals surface area contributed by atoms with Crippen LogP contribution in [0.4, 0.5) is 5.82 Å². The molecule has 0 aliphatic heterocycles. The summed E-state index contributed by atoms with van der Waals surface area (Å²) in [7, 11) is 0. The van der Waals surface area contributed by atoms with E-state index in [0.29, 0.717) is 5.56 Å². The van der Waals surface area contributed by atoms with Crippen LogP contribution >= 0.6 is 0 Å². The highest BCUT2D eigenvalue weighted by molar-refractivity contribution is 5.44. The molecule has 0 fully saturated rings. The van der Waals surface area contributed by atoms with E-state index >= 15 is 0 Å². The molecule has 0 aromatic carbocycles. The first kappa shape index (κ1) is 12.5. The zero-order valence-electron chi connectivity index (χ0n) is 10.1. The number of hydrogen-bond acceptors (Lipinski definition) is 3. The van der Waals surface area contributed by atoms with E-state index in [9.17, 15) is 0 Å². The van der Waals surface area contributed by atoms with E-state index in [1.807, 2.05) is 6.92 Å². The summed E-state index contributed by atoms with van der Waals surface area (Å²) in [5.74, 6) is 0.813. The van der Waals surface area contributed by atoms with Gasteiger partial charge in [-0.15, -0.1) is 0 Å². The minimum Gasteiger partial charge on any atom is -0.370 e. The molecule has 1 heterocycles. The quantitative estimate of drug-likeness (QED) is 0.744. The van der Waals surface area contributed by atoms with Crippen molar-refractivity contribution in [3.05, 3.63) is 23.4 Å². The predicted octanol–water partition coefficient (Wildman–Crippen LogP) is 3.25. The van der Waals surface area contributed by atoms with Gasteiger partial charge in [0.1, 0.15) is 5.82 Å². The molecule has 0 amide bonds. The molecular formula is C13H19N3. The van der Waals surface area contributed by atoms with Crippen LogP contribution in [0.25, 0.3) is 0 Å². The molecule has 0 radical (unpaired) electrons. The summed E-state index contributed by atoms with van der Waals surface area (Å²) in [5.41, 5.74) is 1.55. The zero-order valence-corrected chi connectivity index (χ0v) is 10.1. The van der Waals surface area contributed by atoms with Gasteiger partial charge in [-0.3, -0.25) is 0 Å². The van der Waals surface area contributed by atoms with Crippen molar-refractivity contribution in [1.82, 2.24) is 4.98 Å². The van der Waals surface area contributed by atoms with E-state index in [-0.39, 0.29) is 0 Å². The third-order valence-corrected chi connectivity index (χ3v) is 2.42. The molecule has 1 N–H and O–H groups in total. The summed E-state index contributed by atoms with van der Waals surface area (Å²) < 4.78 is 0. The summed E-state index contributed by atoms with van der Waals surface area (Å²) in [5, 5.41) is 12.1. The van der Waals surface area contributed by atoms with E-state index in [4.69, 9.17) is 5.26 Å². The predicted molar refractivity (Wildman–Crippen MR) is 66.3 cm³/mol. The monoisotopic (exact) mass is 217 g/mol. The van der Waals surface area contributed by atoms with Gasteiger partial charge in [0.2, 0.25) is 0 Å². The summed E-state index contributed by atoms with van der Waals surface area (Å²) in [4.78, 5) is 4.34. The van der Waals surface area contributed by atoms with Crippen LogP contribution < -0.4 is 5.32 Å². The van der Waals surface area contributed by atoms with Crippen molar-refractivity contribution < 1.29 is 0 Å². The fourth-order valence-corrected chi connectivity index (χ4v) is 1.59. The highest BCUT2D eigenvalue weighted by Gasteiger charge is 1.98. The molecule has 0 saturated carbocycles. The van der Waals surface area contributed by atoms with Crippen molar-refractivity contribution in [2.45, 2.75) is 39.5 Å². The minimum atomic E-state index is 0.670. The number of unbranched alkanes of at least 4 members (excludes halogenated alkanes) is 3. The van der Waals surface area contributed by atoms with Crippen molar-refractivity contribution in [2.24, 2.45) is 0 Å². The SMILES string of the molecule is CCCCCCNc1cc(C#N)cc(C)n1. The Hall–Kier alpha value is -1.56. The number of nitrogens with zero attached hydrogens (tertiary/aromatic N) is 2. The van der Waals surface area contributed by atoms with Gasteiger partial charge in [-0.25, -0.2) is 4.98 Å². The van der Waals surface area contributed by atoms with Gasteiger partial charge in [-0.2, -0.15) is 5.26 Å². The molecule has 0 atom stereocenters. The van der Waals surface area contributed by atoms with Crippen LogP contribution in [0.3, 0.4) is 0 Å². The van der Waals surface area contributed by atoms with Crippen molar-refractivity contribution in [2.75, 3.05) is 11.9 Å². The molecule has 1 aromatic heterocycles. The molecule has 0 aliphatic rings. The number of pyridine rings is 1. The van der Waals surface area contributed by atoms with E-state index < -0.39 is 0 Å². The lowest BCUT2D eigenvalue weighted by atomic mass is 10.2. The molecular weight excluding hydrogens is 198 g/mol. The second kappa shape index (κ2) is 6.84. The van der Waals surface area contributed by atoms with Crippen LogP contribution in [0.15, 0.2) is 12.1 Å². The van der Waals surface area contributed by atoms with Gasteiger partial charge in [0.15, 0.2) is 0 Å². The van der Waals surface area contributed by atoms with Crippen LogP contribution in [0.1, 0.15) is 43.9 Å². The van der Waals surface area contributed by atoms with E-state index in [1.54, 1.807) is 12.1 Å². The number of aromatic nitrogens is 1. The molecule has 16 heavy (non-hydrogen) atoms. The largest absolute Gasteiger partial charge is 0.370 e. The van der Waals surface area contributed by atoms with Crippen LogP contribution in [0.5, 0.6) is 0 Å². The second-order valence-electron chi connectivity index (χ2n) is 3.98. The lowest BCUT2D eigenvalue weighted by Gasteiger charge is -2.06. The third kappa shape index (κ3) is 4.31. The number of nitrogens with one attached hydrogen (secondary N) is 1. The number of hydrogen-bond donors (Lipinski definition) is 1. The molecule has 86 valence electrons. The van der Waals surface area contributed by atoms with Crippen LogP contribution in [-0.4, -0.2) is 11.5 Å². The highest BCUT2D eigenvalue weighted by atomic mass is 15.0. The maximum atomic E-state index is 8.82. The average molecular weight is 217 g/mol. The molecule has 1 aromatic rings. The van der Waals surface area contributed by atoms with Gasteiger partial charge in [-0.05, 0) is 25.5 Å². The van der Waals surface area contributed by atoms with E-state index in [0.717, 1.165) is 24.5 Å². The van der Waals surface area contributed by atoms with Crippen molar-refractivity contribution in [1.29, 1.82) is 5.26 Å². The van der Waals surface area contributed by atoms with Crippen LogP contribution in [0.2, 0.25) is 0 Å². The highest BCUT2D eigenvalue weighted by Crippen LogP contribution is 2.09. The molecule has 3 heteroatoms. The Morgan fingerprint density at radius 1 is 1.31 bits per heavy atom. The van der Waals surface area contributed by atoms with Crippen LogP contribution in [0, 0.1) is 18.3 Å². The Morgan fingerprint density at radius 3 is 2.81 bits per heavy atom. The Labute approximate surface area is 97.5 Å². The Balaban J connectivity index is 2.42. The normalized spacial score (nSPS) is 9.81. The Bertz CT molecular complexity index is 366. The average Bonchev–Trinajstić information content (AvgIpc) is 2.28. The standard InChI is InChI=1S/C13H19N3/c1-3-4-5-6-7-15-13-9-12(10-14)8-11(2)16-13/h8-9H,3-7H2,1-2H3,(H,15,16). The molecule has 0 aliphatic carbocycles. The number of aryl methyl sites for hydroxylation is 1. The Kier molecular flexibility index (Phi) is 5.35. The lowest BCUT2D eigenvalue weighted by molar-refractivity contribution is 0.684. The molecule has 0 unspecified atom stereocenters. The number of anilines is 1. The number of nitriles is 1. The van der Waals surface area contributed by atoms with Crippen molar-refractivity contribution >= 4 is 5.82 Å². The molecule has 0 bridgehead atoms. The van der Waals surface area contributed by atoms with Gasteiger partial charge >= 0.3 is 0 Å². The van der Waals surface area contributed by atoms with E-state index in [2.05, 4.69) is 23.3 Å². The number of rotatable bonds is 6. The first-order chi connectivity index (χ1) is 7.76. The fraction of sp³-hybridized carbons (Fsp3) is 0.538. The topological polar surface area (TPSA) is 48.7 Å². The fourth-order valence-electron chi connectivity index (χ4n) is 1.59. The van der Waals surface area contributed by atoms with Gasteiger partial charge in [0.05, 0.1) is 11.6 Å².